The molecule has 2 aliphatic rings. The average Bonchev–Trinajstić information content (AvgIpc) is 3.54. The highest BCUT2D eigenvalue weighted by atomic mass is 32.1. The highest BCUT2D eigenvalue weighted by molar-refractivity contribution is 6.99. The van der Waals surface area contributed by atoms with Crippen molar-refractivity contribution in [1.29, 1.82) is 0 Å². The monoisotopic (exact) mass is 479 g/mol. The van der Waals surface area contributed by atoms with Gasteiger partial charge in [-0.1, -0.05) is 11.8 Å². The SMILES string of the molecule is Fc1ccc(C#CCOc2nsnc2C2CN3CCC2C3)cc1.O=C(O)C(O)C(O)C(=O)O. The molecule has 4 rings (SSSR count). The Balaban J connectivity index is 0.000000262. The van der Waals surface area contributed by atoms with Gasteiger partial charge in [0.15, 0.2) is 18.8 Å². The van der Waals surface area contributed by atoms with Crippen molar-refractivity contribution in [2.75, 3.05) is 26.2 Å². The first-order chi connectivity index (χ1) is 15.8. The van der Waals surface area contributed by atoms with Crippen LogP contribution in [0.25, 0.3) is 0 Å². The summed E-state index contributed by atoms with van der Waals surface area (Å²) >= 11 is 1.20. The summed E-state index contributed by atoms with van der Waals surface area (Å²) in [5.74, 6) is 3.86. The number of aliphatic hydroxyl groups excluding tert-OH is 2. The molecule has 10 nitrogen and oxygen atoms in total. The van der Waals surface area contributed by atoms with Crippen molar-refractivity contribution in [3.63, 3.8) is 0 Å². The average molecular weight is 479 g/mol. The van der Waals surface area contributed by atoms with Crippen LogP contribution in [0.2, 0.25) is 0 Å². The van der Waals surface area contributed by atoms with Crippen LogP contribution in [0.4, 0.5) is 4.39 Å². The summed E-state index contributed by atoms with van der Waals surface area (Å²) in [6.45, 7) is 3.70. The number of aliphatic carboxylic acids is 2. The minimum absolute atomic E-state index is 0.258. The van der Waals surface area contributed by atoms with E-state index in [0.29, 0.717) is 17.7 Å². The third-order valence-electron chi connectivity index (χ3n) is 5.33. The topological polar surface area (TPSA) is 153 Å². The summed E-state index contributed by atoms with van der Waals surface area (Å²) in [5.41, 5.74) is 1.76. The number of benzene rings is 1. The maximum atomic E-state index is 12.8. The molecule has 12 heteroatoms. The largest absolute Gasteiger partial charge is 0.479 e. The van der Waals surface area contributed by atoms with Crippen LogP contribution in [0.1, 0.15) is 23.6 Å². The second-order valence-electron chi connectivity index (χ2n) is 7.53. The lowest BCUT2D eigenvalue weighted by Gasteiger charge is -2.20. The maximum Gasteiger partial charge on any atom is 0.335 e. The standard InChI is InChI=1S/C17H16FN3OS.C4H6O6/c18-14-5-3-12(4-6-14)2-1-9-22-17-16(19-23-20-17)15-11-21-8-7-13(15)10-21;5-1(3(7)8)2(6)4(9)10/h3-6,13,15H,7-11H2;1-2,5-6H,(H,7,8)(H,9,10). The summed E-state index contributed by atoms with van der Waals surface area (Å²) in [6, 6.07) is 6.11. The molecule has 3 heterocycles. The Morgan fingerprint density at radius 1 is 1.15 bits per heavy atom. The first-order valence-electron chi connectivity index (χ1n) is 10.00. The smallest absolute Gasteiger partial charge is 0.335 e. The van der Waals surface area contributed by atoms with Crippen molar-refractivity contribution in [3.8, 4) is 17.7 Å². The van der Waals surface area contributed by atoms with Crippen LogP contribution in [0.15, 0.2) is 24.3 Å². The van der Waals surface area contributed by atoms with Gasteiger partial charge in [-0.25, -0.2) is 14.0 Å². The van der Waals surface area contributed by atoms with E-state index in [0.717, 1.165) is 17.8 Å². The molecule has 0 radical (unpaired) electrons. The number of carboxylic acids is 2. The molecule has 4 N–H and O–H groups in total. The number of nitrogens with zero attached hydrogens (tertiary/aromatic N) is 3. The molecular weight excluding hydrogens is 457 g/mol. The molecule has 0 amide bonds. The van der Waals surface area contributed by atoms with Gasteiger partial charge in [-0.2, -0.15) is 4.37 Å². The van der Waals surface area contributed by atoms with E-state index >= 15 is 0 Å². The fourth-order valence-electron chi connectivity index (χ4n) is 3.65. The van der Waals surface area contributed by atoms with Crippen LogP contribution in [-0.4, -0.2) is 84.5 Å². The minimum atomic E-state index is -2.27. The van der Waals surface area contributed by atoms with Crippen LogP contribution in [-0.2, 0) is 9.59 Å². The lowest BCUT2D eigenvalue weighted by Crippen LogP contribution is -2.39. The summed E-state index contributed by atoms with van der Waals surface area (Å²) in [7, 11) is 0. The second-order valence-corrected chi connectivity index (χ2v) is 8.06. The van der Waals surface area contributed by atoms with E-state index in [1.807, 2.05) is 0 Å². The van der Waals surface area contributed by atoms with Gasteiger partial charge in [-0.05, 0) is 43.1 Å². The molecule has 0 spiro atoms. The number of piperidine rings is 1. The molecule has 0 saturated carbocycles. The van der Waals surface area contributed by atoms with Crippen LogP contribution in [0.3, 0.4) is 0 Å². The number of halogens is 1. The van der Waals surface area contributed by atoms with E-state index in [4.69, 9.17) is 25.2 Å². The first kappa shape index (κ1) is 24.5. The normalized spacial score (nSPS) is 22.3. The van der Waals surface area contributed by atoms with Gasteiger partial charge in [0, 0.05) is 24.6 Å². The number of rotatable bonds is 6. The Morgan fingerprint density at radius 2 is 1.82 bits per heavy atom. The predicted molar refractivity (Wildman–Crippen MR) is 113 cm³/mol. The fourth-order valence-corrected chi connectivity index (χ4v) is 4.22. The summed E-state index contributed by atoms with van der Waals surface area (Å²) in [6.07, 6.45) is -3.29. The fraction of sp³-hybridized carbons (Fsp3) is 0.429. The van der Waals surface area contributed by atoms with Gasteiger partial charge < -0.3 is 30.1 Å². The molecule has 2 bridgehead atoms. The molecule has 5 unspecified atom stereocenters. The van der Waals surface area contributed by atoms with Crippen LogP contribution in [0, 0.1) is 23.6 Å². The maximum absolute atomic E-state index is 12.8. The molecule has 0 aliphatic carbocycles. The number of ether oxygens (including phenoxy) is 1. The quantitative estimate of drug-likeness (QED) is 0.428. The Labute approximate surface area is 192 Å². The van der Waals surface area contributed by atoms with Crippen molar-refractivity contribution in [3.05, 3.63) is 41.3 Å². The van der Waals surface area contributed by atoms with Gasteiger partial charge in [0.05, 0.1) is 11.7 Å². The number of carbonyl (C=O) groups is 2. The van der Waals surface area contributed by atoms with E-state index in [-0.39, 0.29) is 12.4 Å². The van der Waals surface area contributed by atoms with Crippen LogP contribution >= 0.6 is 11.7 Å². The molecule has 33 heavy (non-hydrogen) atoms. The summed E-state index contributed by atoms with van der Waals surface area (Å²) in [5, 5.41) is 32.5. The molecule has 1 aromatic carbocycles. The van der Waals surface area contributed by atoms with Crippen molar-refractivity contribution in [2.24, 2.45) is 5.92 Å². The van der Waals surface area contributed by atoms with E-state index in [1.54, 1.807) is 12.1 Å². The molecule has 2 aliphatic heterocycles. The van der Waals surface area contributed by atoms with Crippen molar-refractivity contribution < 1.29 is 39.1 Å². The number of fused-ring (bicyclic) bond motifs is 2. The van der Waals surface area contributed by atoms with Gasteiger partial charge in [0.25, 0.3) is 0 Å². The molecule has 2 aromatic rings. The number of hydrogen-bond donors (Lipinski definition) is 4. The van der Waals surface area contributed by atoms with E-state index in [2.05, 4.69) is 25.5 Å². The van der Waals surface area contributed by atoms with Gasteiger partial charge in [-0.3, -0.25) is 0 Å². The number of hydrogen-bond acceptors (Lipinski definition) is 9. The van der Waals surface area contributed by atoms with Gasteiger partial charge in [-0.15, -0.1) is 4.37 Å². The van der Waals surface area contributed by atoms with E-state index < -0.39 is 24.1 Å². The predicted octanol–water partition coefficient (Wildman–Crippen LogP) is 0.404. The highest BCUT2D eigenvalue weighted by Gasteiger charge is 2.41. The Bertz CT molecular complexity index is 1020. The third-order valence-corrected chi connectivity index (χ3v) is 5.85. The van der Waals surface area contributed by atoms with Crippen LogP contribution < -0.4 is 4.74 Å². The van der Waals surface area contributed by atoms with E-state index in [1.165, 1.54) is 43.4 Å². The Hall–Kier alpha value is -3.11. The van der Waals surface area contributed by atoms with Crippen molar-refractivity contribution in [2.45, 2.75) is 24.5 Å². The van der Waals surface area contributed by atoms with Gasteiger partial charge in [0.2, 0.25) is 5.88 Å². The van der Waals surface area contributed by atoms with E-state index in [9.17, 15) is 14.0 Å². The third kappa shape index (κ3) is 6.45. The molecule has 2 fully saturated rings. The Kier molecular flexibility index (Phi) is 8.29. The zero-order chi connectivity index (χ0) is 24.0. The molecule has 1 aromatic heterocycles. The lowest BCUT2D eigenvalue weighted by molar-refractivity contribution is -0.165. The minimum Gasteiger partial charge on any atom is -0.479 e. The summed E-state index contributed by atoms with van der Waals surface area (Å²) in [4.78, 5) is 22.0. The molecule has 5 atom stereocenters. The molecule has 176 valence electrons. The zero-order valence-electron chi connectivity index (χ0n) is 17.3. The number of aromatic nitrogens is 2. The first-order valence-corrected chi connectivity index (χ1v) is 10.7. The van der Waals surface area contributed by atoms with Gasteiger partial charge in [0.1, 0.15) is 11.5 Å². The Morgan fingerprint density at radius 3 is 2.36 bits per heavy atom. The highest BCUT2D eigenvalue weighted by Crippen LogP contribution is 2.41. The zero-order valence-corrected chi connectivity index (χ0v) is 18.1. The number of carboxylic acid groups (broad SMARTS) is 2. The van der Waals surface area contributed by atoms with Crippen LogP contribution in [0.5, 0.6) is 5.88 Å². The van der Waals surface area contributed by atoms with Crippen molar-refractivity contribution in [1.82, 2.24) is 13.6 Å². The number of aliphatic hydroxyl groups is 2. The second kappa shape index (κ2) is 11.2. The van der Waals surface area contributed by atoms with Gasteiger partial charge >= 0.3 is 11.9 Å². The summed E-state index contributed by atoms with van der Waals surface area (Å²) < 4.78 is 27.3. The molecule has 2 saturated heterocycles. The van der Waals surface area contributed by atoms with Crippen molar-refractivity contribution >= 4 is 23.7 Å². The molecular formula is C21H22FN3O7S. The lowest BCUT2D eigenvalue weighted by atomic mass is 9.90.